The van der Waals surface area contributed by atoms with Crippen molar-refractivity contribution in [3.63, 3.8) is 0 Å². The highest BCUT2D eigenvalue weighted by Crippen LogP contribution is 2.47. The number of rotatable bonds is 4. The number of hydrogen-bond donors (Lipinski definition) is 1. The molecule has 11 rings (SSSR count). The fourth-order valence-corrected chi connectivity index (χ4v) is 9.93. The van der Waals surface area contributed by atoms with Crippen molar-refractivity contribution < 1.29 is 4.42 Å². The zero-order chi connectivity index (χ0) is 37.2. The van der Waals surface area contributed by atoms with E-state index in [0.717, 1.165) is 33.7 Å². The van der Waals surface area contributed by atoms with E-state index >= 15 is 0 Å². The average Bonchev–Trinajstić information content (AvgIpc) is 3.73. The van der Waals surface area contributed by atoms with Gasteiger partial charge in [0.2, 0.25) is 7.28 Å². The van der Waals surface area contributed by atoms with Gasteiger partial charge in [0.1, 0.15) is 5.58 Å². The minimum atomic E-state index is 0.138. The van der Waals surface area contributed by atoms with E-state index in [-0.39, 0.29) is 10.8 Å². The lowest BCUT2D eigenvalue weighted by molar-refractivity contribution is 0.332. The van der Waals surface area contributed by atoms with Crippen LogP contribution >= 0.6 is 0 Å². The van der Waals surface area contributed by atoms with E-state index in [4.69, 9.17) is 4.42 Å². The third-order valence-corrected chi connectivity index (χ3v) is 12.9. The summed E-state index contributed by atoms with van der Waals surface area (Å²) in [5.74, 6) is 0. The van der Waals surface area contributed by atoms with E-state index in [1.165, 1.54) is 89.8 Å². The lowest BCUT2D eigenvalue weighted by Gasteiger charge is -2.42. The molecule has 0 unspecified atom stereocenters. The Morgan fingerprint density at radius 2 is 1.36 bits per heavy atom. The number of benzene rings is 7. The molecule has 7 aromatic carbocycles. The van der Waals surface area contributed by atoms with Crippen LogP contribution in [0.15, 0.2) is 138 Å². The van der Waals surface area contributed by atoms with Crippen molar-refractivity contribution in [2.45, 2.75) is 58.3 Å². The van der Waals surface area contributed by atoms with Crippen molar-refractivity contribution in [2.24, 2.45) is 0 Å². The molecule has 3 heterocycles. The quantitative estimate of drug-likeness (QED) is 0.184. The molecule has 0 atom stereocenters. The normalized spacial score (nSPS) is 15.3. The fraction of sp³-hybridized carbons (Fsp3) is 0.176. The molecule has 0 radical (unpaired) electrons. The van der Waals surface area contributed by atoms with Crippen LogP contribution in [0.1, 0.15) is 57.2 Å². The highest BCUT2D eigenvalue weighted by Gasteiger charge is 2.37. The molecule has 55 heavy (non-hydrogen) atoms. The van der Waals surface area contributed by atoms with Gasteiger partial charge < -0.3 is 14.3 Å². The summed E-state index contributed by atoms with van der Waals surface area (Å²) in [6.45, 7) is 11.9. The summed E-state index contributed by atoms with van der Waals surface area (Å²) in [5.41, 5.74) is 18.5. The molecule has 0 saturated heterocycles. The first-order chi connectivity index (χ1) is 26.6. The molecule has 2 aromatic heterocycles. The topological polar surface area (TPSA) is 30.1 Å². The maximum atomic E-state index is 6.87. The van der Waals surface area contributed by atoms with Gasteiger partial charge in [-0.2, -0.15) is 0 Å². The van der Waals surface area contributed by atoms with Gasteiger partial charge in [0.15, 0.2) is 0 Å². The number of nitrogens with one attached hydrogen (secondary N) is 1. The van der Waals surface area contributed by atoms with Crippen molar-refractivity contribution in [3.8, 4) is 27.9 Å². The van der Waals surface area contributed by atoms with Crippen LogP contribution in [-0.4, -0.2) is 11.8 Å². The Kier molecular flexibility index (Phi) is 6.79. The summed E-state index contributed by atoms with van der Waals surface area (Å²) in [5, 5.41) is 10.2. The summed E-state index contributed by atoms with van der Waals surface area (Å²) in [6.07, 6.45) is 2.40. The predicted octanol–water partition coefficient (Wildman–Crippen LogP) is 12.1. The van der Waals surface area contributed by atoms with Crippen LogP contribution in [0.5, 0.6) is 0 Å². The Morgan fingerprint density at radius 3 is 2.18 bits per heavy atom. The highest BCUT2D eigenvalue weighted by molar-refractivity contribution is 6.73. The second-order valence-electron chi connectivity index (χ2n) is 17.3. The van der Waals surface area contributed by atoms with Crippen LogP contribution in [0.25, 0.3) is 71.5 Å². The first kappa shape index (κ1) is 32.4. The van der Waals surface area contributed by atoms with Gasteiger partial charge in [0, 0.05) is 38.6 Å². The number of aryl methyl sites for hydroxylation is 1. The molecule has 0 amide bonds. The maximum Gasteiger partial charge on any atom is 0.244 e. The Bertz CT molecular complexity index is 3050. The minimum Gasteiger partial charge on any atom is -0.469 e. The smallest absolute Gasteiger partial charge is 0.244 e. The zero-order valence-corrected chi connectivity index (χ0v) is 32.2. The van der Waals surface area contributed by atoms with E-state index in [1.54, 1.807) is 0 Å². The minimum absolute atomic E-state index is 0.138. The van der Waals surface area contributed by atoms with E-state index in [1.807, 2.05) is 0 Å². The average molecular weight is 711 g/mol. The van der Waals surface area contributed by atoms with Crippen LogP contribution in [0, 0.1) is 6.92 Å². The monoisotopic (exact) mass is 710 g/mol. The van der Waals surface area contributed by atoms with Gasteiger partial charge in [-0.15, -0.1) is 0 Å². The van der Waals surface area contributed by atoms with Crippen molar-refractivity contribution in [3.05, 3.63) is 150 Å². The molecule has 266 valence electrons. The largest absolute Gasteiger partial charge is 0.469 e. The Hall–Kier alpha value is -6.00. The van der Waals surface area contributed by atoms with Crippen molar-refractivity contribution in [2.75, 3.05) is 5.32 Å². The Labute approximate surface area is 322 Å². The van der Waals surface area contributed by atoms with Crippen molar-refractivity contribution in [1.82, 2.24) is 4.57 Å². The SMILES string of the molecule is Cc1cc(-c2ccccc2Nc2ccc3c(c2)C(C)(C)CCC3(C)C)c2c3c1c1cc4ccccc4cc1n3-c1c(oc3ccc(-c4ccccc4)cc13)B2. The van der Waals surface area contributed by atoms with Gasteiger partial charge in [-0.3, -0.25) is 0 Å². The molecular weight excluding hydrogens is 667 g/mol. The summed E-state index contributed by atoms with van der Waals surface area (Å²) in [6, 6.07) is 49.2. The molecule has 1 aliphatic heterocycles. The number of nitrogens with zero attached hydrogens (tertiary/aromatic N) is 1. The van der Waals surface area contributed by atoms with Gasteiger partial charge >= 0.3 is 0 Å². The molecule has 0 bridgehead atoms. The van der Waals surface area contributed by atoms with Crippen LogP contribution in [0.2, 0.25) is 0 Å². The first-order valence-corrected chi connectivity index (χ1v) is 19.8. The Balaban J connectivity index is 1.15. The number of para-hydroxylation sites is 1. The maximum absolute atomic E-state index is 6.87. The lowest BCUT2D eigenvalue weighted by atomic mass is 9.62. The standard InChI is InChI=1S/C51H43BN2O/c1-30-25-37(36-17-11-12-18-42(36)53-35-20-21-40-41(29-35)51(4,5)24-23-50(40,2)3)46-48-45(30)38-26-32-15-9-10-16-33(32)28-43(38)54(48)47-39-27-34(31-13-7-6-8-14-31)19-22-44(39)55-49(47)52-46/h6-22,25-29,52-53H,23-24H2,1-5H3. The summed E-state index contributed by atoms with van der Waals surface area (Å²) in [4.78, 5) is 0. The fourth-order valence-electron chi connectivity index (χ4n) is 9.93. The molecule has 1 aliphatic carbocycles. The second kappa shape index (κ2) is 11.5. The van der Waals surface area contributed by atoms with E-state index in [0.29, 0.717) is 7.28 Å². The molecule has 0 saturated carbocycles. The number of hydrogen-bond acceptors (Lipinski definition) is 2. The van der Waals surface area contributed by atoms with E-state index in [9.17, 15) is 0 Å². The van der Waals surface area contributed by atoms with Crippen molar-refractivity contribution >= 4 is 73.3 Å². The second-order valence-corrected chi connectivity index (χ2v) is 17.3. The molecule has 1 N–H and O–H groups in total. The van der Waals surface area contributed by atoms with Gasteiger partial charge in [0.05, 0.1) is 16.9 Å². The van der Waals surface area contributed by atoms with Crippen molar-refractivity contribution in [1.29, 1.82) is 0 Å². The van der Waals surface area contributed by atoms with E-state index < -0.39 is 0 Å². The molecule has 4 heteroatoms. The summed E-state index contributed by atoms with van der Waals surface area (Å²) >= 11 is 0. The Morgan fingerprint density at radius 1 is 0.636 bits per heavy atom. The number of fused-ring (bicyclic) bond motifs is 9. The molecule has 3 nitrogen and oxygen atoms in total. The first-order valence-electron chi connectivity index (χ1n) is 19.8. The number of anilines is 2. The number of aromatic nitrogens is 1. The third-order valence-electron chi connectivity index (χ3n) is 12.9. The van der Waals surface area contributed by atoms with Gasteiger partial charge in [-0.25, -0.2) is 0 Å². The summed E-state index contributed by atoms with van der Waals surface area (Å²) < 4.78 is 9.41. The van der Waals surface area contributed by atoms with Crippen LogP contribution in [0.4, 0.5) is 11.4 Å². The molecule has 0 spiro atoms. The molecule has 2 aliphatic rings. The van der Waals surface area contributed by atoms with Gasteiger partial charge in [0.25, 0.3) is 0 Å². The van der Waals surface area contributed by atoms with Crippen LogP contribution < -0.4 is 16.4 Å². The lowest BCUT2D eigenvalue weighted by Crippen LogP contribution is -2.36. The van der Waals surface area contributed by atoms with Crippen LogP contribution in [-0.2, 0) is 10.8 Å². The van der Waals surface area contributed by atoms with Gasteiger partial charge in [-0.05, 0) is 123 Å². The predicted molar refractivity (Wildman–Crippen MR) is 235 cm³/mol. The molecule has 9 aromatic rings. The molecular formula is C51H43BN2O. The zero-order valence-electron chi connectivity index (χ0n) is 32.2. The van der Waals surface area contributed by atoms with Crippen LogP contribution in [0.3, 0.4) is 0 Å². The van der Waals surface area contributed by atoms with Gasteiger partial charge in [-0.1, -0.05) is 119 Å². The van der Waals surface area contributed by atoms with E-state index in [2.05, 4.69) is 178 Å². The summed E-state index contributed by atoms with van der Waals surface area (Å²) in [7, 11) is 0.711. The highest BCUT2D eigenvalue weighted by atomic mass is 16.3. The molecule has 0 fully saturated rings. The number of furan rings is 1. The third kappa shape index (κ3) is 4.83.